The molecule has 1 aromatic carbocycles. The minimum atomic E-state index is 0.0813. The Labute approximate surface area is 128 Å². The normalized spacial score (nSPS) is 27.6. The SMILES string of the molecule is C=C(C)CNCc1ccc(O[C@]23CCCN(CC2)C3)cc1. The van der Waals surface area contributed by atoms with Gasteiger partial charge in [0.1, 0.15) is 11.4 Å². The van der Waals surface area contributed by atoms with E-state index in [0.29, 0.717) is 0 Å². The first-order valence-corrected chi connectivity index (χ1v) is 8.01. The van der Waals surface area contributed by atoms with Gasteiger partial charge in [-0.2, -0.15) is 0 Å². The van der Waals surface area contributed by atoms with E-state index in [4.69, 9.17) is 4.74 Å². The molecule has 0 spiro atoms. The maximum Gasteiger partial charge on any atom is 0.123 e. The lowest BCUT2D eigenvalue weighted by atomic mass is 9.94. The smallest absolute Gasteiger partial charge is 0.123 e. The largest absolute Gasteiger partial charge is 0.486 e. The van der Waals surface area contributed by atoms with Crippen LogP contribution in [0.4, 0.5) is 0 Å². The Hall–Kier alpha value is -1.32. The molecule has 21 heavy (non-hydrogen) atoms. The number of hydrogen-bond donors (Lipinski definition) is 1. The lowest BCUT2D eigenvalue weighted by Gasteiger charge is -2.34. The molecule has 1 unspecified atom stereocenters. The van der Waals surface area contributed by atoms with Gasteiger partial charge in [0.25, 0.3) is 0 Å². The van der Waals surface area contributed by atoms with E-state index in [0.717, 1.165) is 31.0 Å². The van der Waals surface area contributed by atoms with Crippen LogP contribution >= 0.6 is 0 Å². The fourth-order valence-corrected chi connectivity index (χ4v) is 3.43. The van der Waals surface area contributed by atoms with Crippen LogP contribution < -0.4 is 10.1 Å². The molecule has 3 nitrogen and oxygen atoms in total. The third-order valence-electron chi connectivity index (χ3n) is 4.52. The molecular formula is C18H26N2O. The molecule has 0 saturated carbocycles. The minimum absolute atomic E-state index is 0.0813. The molecule has 0 aliphatic carbocycles. The van der Waals surface area contributed by atoms with E-state index in [1.54, 1.807) is 0 Å². The van der Waals surface area contributed by atoms with Crippen molar-refractivity contribution in [2.75, 3.05) is 26.2 Å². The van der Waals surface area contributed by atoms with E-state index in [9.17, 15) is 0 Å². The maximum absolute atomic E-state index is 6.36. The summed E-state index contributed by atoms with van der Waals surface area (Å²) in [6, 6.07) is 8.55. The molecule has 2 heterocycles. The van der Waals surface area contributed by atoms with Crippen LogP contribution in [-0.4, -0.2) is 36.7 Å². The van der Waals surface area contributed by atoms with Gasteiger partial charge in [-0.05, 0) is 44.0 Å². The molecule has 2 bridgehead atoms. The highest BCUT2D eigenvalue weighted by molar-refractivity contribution is 5.28. The molecule has 3 heteroatoms. The maximum atomic E-state index is 6.36. The van der Waals surface area contributed by atoms with Gasteiger partial charge in [0.05, 0.1) is 0 Å². The summed E-state index contributed by atoms with van der Waals surface area (Å²) in [6.45, 7) is 11.2. The van der Waals surface area contributed by atoms with Crippen molar-refractivity contribution in [2.45, 2.75) is 38.3 Å². The Balaban J connectivity index is 1.56. The zero-order chi connectivity index (χ0) is 14.7. The monoisotopic (exact) mass is 286 g/mol. The number of fused-ring (bicyclic) bond motifs is 2. The van der Waals surface area contributed by atoms with Crippen molar-refractivity contribution in [1.82, 2.24) is 10.2 Å². The first-order valence-electron chi connectivity index (χ1n) is 8.01. The van der Waals surface area contributed by atoms with E-state index in [-0.39, 0.29) is 5.60 Å². The van der Waals surface area contributed by atoms with E-state index in [1.165, 1.54) is 37.9 Å². The van der Waals surface area contributed by atoms with Crippen molar-refractivity contribution in [1.29, 1.82) is 0 Å². The molecular weight excluding hydrogens is 260 g/mol. The summed E-state index contributed by atoms with van der Waals surface area (Å²) >= 11 is 0. The van der Waals surface area contributed by atoms with E-state index in [2.05, 4.69) is 41.1 Å². The van der Waals surface area contributed by atoms with Crippen LogP contribution in [0.5, 0.6) is 5.75 Å². The Morgan fingerprint density at radius 1 is 1.29 bits per heavy atom. The van der Waals surface area contributed by atoms with Crippen LogP contribution in [0.3, 0.4) is 0 Å². The highest BCUT2D eigenvalue weighted by Crippen LogP contribution is 2.35. The summed E-state index contributed by atoms with van der Waals surface area (Å²) in [4.78, 5) is 2.53. The summed E-state index contributed by atoms with van der Waals surface area (Å²) in [6.07, 6.45) is 3.64. The first-order chi connectivity index (χ1) is 10.2. The number of nitrogens with zero attached hydrogens (tertiary/aromatic N) is 1. The number of hydrogen-bond acceptors (Lipinski definition) is 3. The van der Waals surface area contributed by atoms with Gasteiger partial charge >= 0.3 is 0 Å². The number of rotatable bonds is 6. The predicted octanol–water partition coefficient (Wildman–Crippen LogP) is 2.97. The van der Waals surface area contributed by atoms with Crippen LogP contribution in [0.1, 0.15) is 31.7 Å². The summed E-state index contributed by atoms with van der Waals surface area (Å²) < 4.78 is 6.36. The molecule has 1 N–H and O–H groups in total. The molecule has 2 atom stereocenters. The Kier molecular flexibility index (Phi) is 4.32. The molecule has 0 amide bonds. The van der Waals surface area contributed by atoms with Gasteiger partial charge < -0.3 is 10.1 Å². The van der Waals surface area contributed by atoms with E-state index >= 15 is 0 Å². The summed E-state index contributed by atoms with van der Waals surface area (Å²) in [5, 5.41) is 3.38. The quantitative estimate of drug-likeness (QED) is 0.814. The molecule has 0 aromatic heterocycles. The second-order valence-electron chi connectivity index (χ2n) is 6.62. The summed E-state index contributed by atoms with van der Waals surface area (Å²) in [5.41, 5.74) is 2.53. The van der Waals surface area contributed by atoms with Crippen LogP contribution in [0, 0.1) is 0 Å². The van der Waals surface area contributed by atoms with Gasteiger partial charge in [0.2, 0.25) is 0 Å². The Morgan fingerprint density at radius 3 is 2.86 bits per heavy atom. The van der Waals surface area contributed by atoms with Crippen LogP contribution in [-0.2, 0) is 6.54 Å². The number of benzene rings is 1. The van der Waals surface area contributed by atoms with Crippen LogP contribution in [0.2, 0.25) is 0 Å². The van der Waals surface area contributed by atoms with Crippen molar-refractivity contribution in [3.05, 3.63) is 42.0 Å². The summed E-state index contributed by atoms with van der Waals surface area (Å²) in [7, 11) is 0. The Bertz CT molecular complexity index is 492. The van der Waals surface area contributed by atoms with Gasteiger partial charge in [-0.15, -0.1) is 0 Å². The number of piperidine rings is 1. The first kappa shape index (κ1) is 14.6. The molecule has 1 aromatic rings. The molecule has 114 valence electrons. The van der Waals surface area contributed by atoms with E-state index in [1.807, 2.05) is 6.92 Å². The van der Waals surface area contributed by atoms with Gasteiger partial charge in [0, 0.05) is 32.6 Å². The second kappa shape index (κ2) is 6.20. The average Bonchev–Trinajstić information content (AvgIpc) is 2.75. The van der Waals surface area contributed by atoms with Crippen molar-refractivity contribution < 1.29 is 4.74 Å². The zero-order valence-corrected chi connectivity index (χ0v) is 13.0. The van der Waals surface area contributed by atoms with Gasteiger partial charge in [-0.25, -0.2) is 0 Å². The van der Waals surface area contributed by atoms with Gasteiger partial charge in [-0.1, -0.05) is 24.3 Å². The van der Waals surface area contributed by atoms with Crippen molar-refractivity contribution in [3.63, 3.8) is 0 Å². The van der Waals surface area contributed by atoms with Crippen LogP contribution in [0.15, 0.2) is 36.4 Å². The predicted molar refractivity (Wildman–Crippen MR) is 86.6 cm³/mol. The fourth-order valence-electron chi connectivity index (χ4n) is 3.43. The molecule has 2 aliphatic heterocycles. The minimum Gasteiger partial charge on any atom is -0.486 e. The zero-order valence-electron chi connectivity index (χ0n) is 13.0. The van der Waals surface area contributed by atoms with Crippen molar-refractivity contribution in [3.8, 4) is 5.75 Å². The molecule has 3 rings (SSSR count). The van der Waals surface area contributed by atoms with Crippen LogP contribution in [0.25, 0.3) is 0 Å². The number of nitrogens with one attached hydrogen (secondary N) is 1. The third kappa shape index (κ3) is 3.66. The van der Waals surface area contributed by atoms with E-state index < -0.39 is 0 Å². The number of ether oxygens (including phenoxy) is 1. The lowest BCUT2D eigenvalue weighted by molar-refractivity contribution is 0.0453. The summed E-state index contributed by atoms with van der Waals surface area (Å²) in [5.74, 6) is 1.02. The molecule has 2 aliphatic rings. The molecule has 2 fully saturated rings. The topological polar surface area (TPSA) is 24.5 Å². The van der Waals surface area contributed by atoms with Crippen molar-refractivity contribution in [2.24, 2.45) is 0 Å². The third-order valence-corrected chi connectivity index (χ3v) is 4.52. The average molecular weight is 286 g/mol. The van der Waals surface area contributed by atoms with Gasteiger partial charge in [0.15, 0.2) is 0 Å². The lowest BCUT2D eigenvalue weighted by Crippen LogP contribution is -2.43. The standard InChI is InChI=1S/C18H26N2O/c1-15(2)12-19-13-16-4-6-17(7-5-16)21-18-8-3-10-20(14-18)11-9-18/h4-7,19H,1,3,8-14H2,2H3/t18-/m1/s1. The highest BCUT2D eigenvalue weighted by Gasteiger charge is 2.42. The Morgan fingerprint density at radius 2 is 2.10 bits per heavy atom. The molecule has 2 saturated heterocycles. The molecule has 0 radical (unpaired) electrons. The van der Waals surface area contributed by atoms with Gasteiger partial charge in [-0.3, -0.25) is 4.90 Å². The second-order valence-corrected chi connectivity index (χ2v) is 6.62. The highest BCUT2D eigenvalue weighted by atomic mass is 16.5. The fraction of sp³-hybridized carbons (Fsp3) is 0.556. The van der Waals surface area contributed by atoms with Crippen molar-refractivity contribution >= 4 is 0 Å².